The molecule has 12 nitrogen and oxygen atoms in total. The van der Waals surface area contributed by atoms with E-state index in [2.05, 4.69) is 20.7 Å². The average molecular weight is 611 g/mol. The number of carbonyl (C=O) groups excluding carboxylic acids is 3. The number of likely N-dealkylation sites (tertiary alicyclic amines) is 1. The van der Waals surface area contributed by atoms with Crippen molar-refractivity contribution in [2.45, 2.75) is 38.6 Å². The molecule has 0 saturated carbocycles. The highest BCUT2D eigenvalue weighted by molar-refractivity contribution is 5.96. The number of fused-ring (bicyclic) bond motifs is 7. The van der Waals surface area contributed by atoms with Crippen molar-refractivity contribution in [1.29, 1.82) is 0 Å². The zero-order valence-corrected chi connectivity index (χ0v) is 25.1. The lowest BCUT2D eigenvalue weighted by molar-refractivity contribution is -0.130. The second-order valence-electron chi connectivity index (χ2n) is 11.1. The van der Waals surface area contributed by atoms with Gasteiger partial charge in [-0.15, -0.1) is 0 Å². The van der Waals surface area contributed by atoms with Crippen molar-refractivity contribution in [3.8, 4) is 28.4 Å². The lowest BCUT2D eigenvalue weighted by atomic mass is 9.97. The van der Waals surface area contributed by atoms with E-state index in [0.29, 0.717) is 29.4 Å². The number of hydrogen-bond donors (Lipinski definition) is 2. The zero-order valence-electron chi connectivity index (χ0n) is 25.1. The normalized spacial score (nSPS) is 18.2. The van der Waals surface area contributed by atoms with Crippen LogP contribution in [0.25, 0.3) is 11.1 Å². The van der Waals surface area contributed by atoms with E-state index in [-0.39, 0.29) is 50.4 Å². The second-order valence-corrected chi connectivity index (χ2v) is 11.1. The third kappa shape index (κ3) is 6.90. The SMILES string of the molecule is COc1cc2ccc1O[C@H]1CN(C(=O)CCn3cncn3)C[C@@H]1NC(=O)c1ccc(C)c(c1)-c1cccc(c1)OCC(=O)NC2. The maximum atomic E-state index is 13.7. The molecule has 3 aliphatic rings. The molecule has 12 heteroatoms. The molecule has 7 rings (SSSR count). The van der Waals surface area contributed by atoms with Crippen LogP contribution in [0.3, 0.4) is 0 Å². The van der Waals surface area contributed by atoms with Gasteiger partial charge < -0.3 is 29.7 Å². The highest BCUT2D eigenvalue weighted by Gasteiger charge is 2.38. The fraction of sp³-hybridized carbons (Fsp3) is 0.303. The third-order valence-electron chi connectivity index (χ3n) is 7.97. The summed E-state index contributed by atoms with van der Waals surface area (Å²) in [5.74, 6) is 0.825. The molecular formula is C33H34N6O6. The van der Waals surface area contributed by atoms with E-state index >= 15 is 0 Å². The Hall–Kier alpha value is -5.39. The lowest BCUT2D eigenvalue weighted by Crippen LogP contribution is -2.45. The Labute approximate surface area is 260 Å². The molecule has 0 aliphatic carbocycles. The number of ether oxygens (including phenoxy) is 3. The number of carbonyl (C=O) groups is 3. The maximum absolute atomic E-state index is 13.7. The molecule has 2 atom stereocenters. The number of hydrogen-bond acceptors (Lipinski definition) is 8. The number of aryl methyl sites for hydroxylation is 2. The van der Waals surface area contributed by atoms with Crippen molar-refractivity contribution < 1.29 is 28.6 Å². The summed E-state index contributed by atoms with van der Waals surface area (Å²) in [7, 11) is 1.54. The van der Waals surface area contributed by atoms with Gasteiger partial charge >= 0.3 is 0 Å². The van der Waals surface area contributed by atoms with Crippen molar-refractivity contribution in [2.75, 3.05) is 26.8 Å². The Balaban J connectivity index is 1.31. The van der Waals surface area contributed by atoms with Crippen molar-refractivity contribution in [2.24, 2.45) is 0 Å². The van der Waals surface area contributed by atoms with Gasteiger partial charge in [0, 0.05) is 25.1 Å². The first-order valence-electron chi connectivity index (χ1n) is 14.7. The number of amides is 3. The summed E-state index contributed by atoms with van der Waals surface area (Å²) in [6.07, 6.45) is 2.67. The van der Waals surface area contributed by atoms with Gasteiger partial charge in [0.05, 0.1) is 26.2 Å². The first kappa shape index (κ1) is 29.7. The Bertz CT molecular complexity index is 1710. The summed E-state index contributed by atoms with van der Waals surface area (Å²) >= 11 is 0. The van der Waals surface area contributed by atoms with E-state index in [1.165, 1.54) is 13.4 Å². The summed E-state index contributed by atoms with van der Waals surface area (Å²) in [5.41, 5.74) is 3.96. The number of rotatable bonds is 4. The minimum atomic E-state index is -0.548. The van der Waals surface area contributed by atoms with E-state index < -0.39 is 12.1 Å². The predicted molar refractivity (Wildman–Crippen MR) is 164 cm³/mol. The minimum Gasteiger partial charge on any atom is -0.493 e. The van der Waals surface area contributed by atoms with Crippen LogP contribution in [0, 0.1) is 6.92 Å². The average Bonchev–Trinajstić information content (AvgIpc) is 3.72. The summed E-state index contributed by atoms with van der Waals surface area (Å²) in [5, 5.41) is 10.1. The number of aromatic nitrogens is 3. The van der Waals surface area contributed by atoms with Gasteiger partial charge in [0.2, 0.25) is 5.91 Å². The molecule has 2 N–H and O–H groups in total. The van der Waals surface area contributed by atoms with Crippen LogP contribution in [-0.2, 0) is 22.7 Å². The molecule has 1 fully saturated rings. The molecule has 232 valence electrons. The monoisotopic (exact) mass is 610 g/mol. The van der Waals surface area contributed by atoms with Gasteiger partial charge in [0.15, 0.2) is 18.1 Å². The maximum Gasteiger partial charge on any atom is 0.258 e. The van der Waals surface area contributed by atoms with Gasteiger partial charge in [-0.1, -0.05) is 24.3 Å². The van der Waals surface area contributed by atoms with E-state index in [4.69, 9.17) is 14.2 Å². The minimum absolute atomic E-state index is 0.0841. The molecule has 4 heterocycles. The van der Waals surface area contributed by atoms with Gasteiger partial charge in [0.1, 0.15) is 24.5 Å². The quantitative estimate of drug-likeness (QED) is 0.360. The van der Waals surface area contributed by atoms with Crippen molar-refractivity contribution in [3.05, 3.63) is 90.0 Å². The van der Waals surface area contributed by atoms with Crippen LogP contribution in [0.4, 0.5) is 0 Å². The Kier molecular flexibility index (Phi) is 8.63. The first-order chi connectivity index (χ1) is 21.9. The molecule has 1 saturated heterocycles. The Morgan fingerprint density at radius 2 is 1.96 bits per heavy atom. The van der Waals surface area contributed by atoms with Crippen molar-refractivity contribution >= 4 is 17.7 Å². The Morgan fingerprint density at radius 3 is 2.78 bits per heavy atom. The van der Waals surface area contributed by atoms with Gasteiger partial charge in [-0.05, 0) is 65.6 Å². The highest BCUT2D eigenvalue weighted by atomic mass is 16.5. The van der Waals surface area contributed by atoms with E-state index in [1.807, 2.05) is 43.3 Å². The molecule has 4 aromatic rings. The molecular weight excluding hydrogens is 576 g/mol. The molecule has 0 unspecified atom stereocenters. The smallest absolute Gasteiger partial charge is 0.258 e. The summed E-state index contributed by atoms with van der Waals surface area (Å²) in [6.45, 7) is 3.02. The summed E-state index contributed by atoms with van der Waals surface area (Å²) in [6, 6.07) is 17.8. The van der Waals surface area contributed by atoms with Crippen LogP contribution >= 0.6 is 0 Å². The van der Waals surface area contributed by atoms with Gasteiger partial charge in [-0.25, -0.2) is 4.98 Å². The van der Waals surface area contributed by atoms with Crippen LogP contribution in [0.15, 0.2) is 73.3 Å². The summed E-state index contributed by atoms with van der Waals surface area (Å²) < 4.78 is 19.4. The van der Waals surface area contributed by atoms with Gasteiger partial charge in [0.25, 0.3) is 11.8 Å². The molecule has 3 amide bonds. The number of benzene rings is 3. The van der Waals surface area contributed by atoms with E-state index in [9.17, 15) is 14.4 Å². The van der Waals surface area contributed by atoms with Crippen LogP contribution in [0.5, 0.6) is 17.2 Å². The number of nitrogens with zero attached hydrogens (tertiary/aromatic N) is 4. The molecule has 1 aromatic heterocycles. The van der Waals surface area contributed by atoms with Gasteiger partial charge in [-0.3, -0.25) is 19.1 Å². The number of nitrogens with one attached hydrogen (secondary N) is 2. The summed E-state index contributed by atoms with van der Waals surface area (Å²) in [4.78, 5) is 45.1. The first-order valence-corrected chi connectivity index (χ1v) is 14.7. The largest absolute Gasteiger partial charge is 0.493 e. The molecule has 45 heavy (non-hydrogen) atoms. The lowest BCUT2D eigenvalue weighted by Gasteiger charge is -2.23. The van der Waals surface area contributed by atoms with E-state index in [1.54, 1.807) is 40.2 Å². The predicted octanol–water partition coefficient (Wildman–Crippen LogP) is 2.75. The van der Waals surface area contributed by atoms with Crippen molar-refractivity contribution in [3.63, 3.8) is 0 Å². The molecule has 3 aliphatic heterocycles. The zero-order chi connectivity index (χ0) is 31.3. The fourth-order valence-corrected chi connectivity index (χ4v) is 5.51. The fourth-order valence-electron chi connectivity index (χ4n) is 5.51. The molecule has 0 spiro atoms. The highest BCUT2D eigenvalue weighted by Crippen LogP contribution is 2.32. The topological polar surface area (TPSA) is 137 Å². The molecule has 0 radical (unpaired) electrons. The van der Waals surface area contributed by atoms with Crippen LogP contribution in [-0.4, -0.2) is 76.3 Å². The standard InChI is InChI=1S/C33H34N6O6/c1-21-6-8-24-14-26(21)23-4-3-5-25(13-23)44-18-31(40)35-15-22-7-9-28(29(12-22)43-2)45-30-17-38(16-27(30)37-33(24)42)32(41)10-11-39-20-34-19-36-39/h3-9,12-14,19-20,27,30H,10-11,15-18H2,1-2H3,(H,35,40)(H,37,42)/t27-,30-/m0/s1. The van der Waals surface area contributed by atoms with Crippen LogP contribution in [0.1, 0.15) is 27.9 Å². The number of methoxy groups -OCH3 is 1. The van der Waals surface area contributed by atoms with Crippen LogP contribution < -0.4 is 24.8 Å². The third-order valence-corrected chi connectivity index (χ3v) is 7.97. The molecule has 3 aromatic carbocycles. The van der Waals surface area contributed by atoms with E-state index in [0.717, 1.165) is 22.3 Å². The van der Waals surface area contributed by atoms with Crippen LogP contribution in [0.2, 0.25) is 0 Å². The van der Waals surface area contributed by atoms with Gasteiger partial charge in [-0.2, -0.15) is 5.10 Å². The second kappa shape index (κ2) is 13.1. The Morgan fingerprint density at radius 1 is 1.07 bits per heavy atom. The molecule has 6 bridgehead atoms. The van der Waals surface area contributed by atoms with Crippen molar-refractivity contribution in [1.82, 2.24) is 30.3 Å².